The zero-order valence-corrected chi connectivity index (χ0v) is 20.1. The Labute approximate surface area is 209 Å². The van der Waals surface area contributed by atoms with Crippen LogP contribution in [-0.4, -0.2) is 70.0 Å². The van der Waals surface area contributed by atoms with Crippen molar-refractivity contribution in [1.82, 2.24) is 9.80 Å². The van der Waals surface area contributed by atoms with Crippen molar-refractivity contribution in [3.8, 4) is 5.75 Å². The summed E-state index contributed by atoms with van der Waals surface area (Å²) in [6.07, 6.45) is -9.68. The van der Waals surface area contributed by atoms with Gasteiger partial charge in [0.15, 0.2) is 6.10 Å². The molecule has 1 unspecified atom stereocenters. The first-order chi connectivity index (χ1) is 17.2. The number of likely N-dealkylation sites (tertiary alicyclic amines) is 2. The first kappa shape index (κ1) is 27.3. The first-order valence-electron chi connectivity index (χ1n) is 12.1. The van der Waals surface area contributed by atoms with Gasteiger partial charge in [0, 0.05) is 43.6 Å². The minimum atomic E-state index is -4.66. The largest absolute Gasteiger partial charge is 0.478 e. The van der Waals surface area contributed by atoms with Crippen molar-refractivity contribution >= 4 is 12.1 Å². The number of nitrogens with zero attached hydrogens (tertiary/aromatic N) is 2. The van der Waals surface area contributed by atoms with Gasteiger partial charge in [-0.25, -0.2) is 9.59 Å². The third kappa shape index (κ3) is 5.75. The maximum atomic E-state index is 13.4. The van der Waals surface area contributed by atoms with Crippen molar-refractivity contribution < 1.29 is 50.5 Å². The van der Waals surface area contributed by atoms with Gasteiger partial charge in [-0.1, -0.05) is 6.07 Å². The maximum absolute atomic E-state index is 13.4. The molecule has 206 valence electrons. The summed E-state index contributed by atoms with van der Waals surface area (Å²) in [6.45, 7) is 1.96. The van der Waals surface area contributed by atoms with Gasteiger partial charge in [-0.3, -0.25) is 4.90 Å². The number of aliphatic carboxylic acids is 1. The van der Waals surface area contributed by atoms with Crippen molar-refractivity contribution in [2.75, 3.05) is 19.6 Å². The molecule has 13 heteroatoms. The van der Waals surface area contributed by atoms with Crippen LogP contribution in [0.5, 0.6) is 5.75 Å². The van der Waals surface area contributed by atoms with Crippen molar-refractivity contribution in [1.29, 1.82) is 0 Å². The van der Waals surface area contributed by atoms with Gasteiger partial charge in [-0.2, -0.15) is 26.3 Å². The zero-order valence-electron chi connectivity index (χ0n) is 20.1. The molecule has 1 amide bonds. The highest BCUT2D eigenvalue weighted by atomic mass is 19.4. The summed E-state index contributed by atoms with van der Waals surface area (Å²) in [5, 5.41) is 9.47. The third-order valence-corrected chi connectivity index (χ3v) is 7.59. The fourth-order valence-electron chi connectivity index (χ4n) is 5.05. The normalized spacial score (nSPS) is 22.1. The summed E-state index contributed by atoms with van der Waals surface area (Å²) >= 11 is 0. The zero-order chi connectivity index (χ0) is 27.2. The van der Waals surface area contributed by atoms with E-state index in [9.17, 15) is 41.0 Å². The lowest BCUT2D eigenvalue weighted by atomic mass is 9.84. The standard InChI is InChI=1S/C24H28F6N2O5/c1-15(23(25,26)27)36-20(35)31-11-8-21(9-12-31)5-2-10-32(21)14-16-3-4-17(24(28,29)30)13-18(16)37-22(6-7-22)19(33)34/h3-4,13,15H,2,5-12,14H2,1H3,(H,33,34). The number of ether oxygens (including phenoxy) is 2. The lowest BCUT2D eigenvalue weighted by molar-refractivity contribution is -0.200. The summed E-state index contributed by atoms with van der Waals surface area (Å²) in [7, 11) is 0. The molecule has 3 aliphatic rings. The van der Waals surface area contributed by atoms with E-state index in [1.807, 2.05) is 0 Å². The highest BCUT2D eigenvalue weighted by Gasteiger charge is 2.54. The van der Waals surface area contributed by atoms with Crippen LogP contribution in [0.15, 0.2) is 18.2 Å². The van der Waals surface area contributed by atoms with Gasteiger partial charge in [0.2, 0.25) is 5.60 Å². The van der Waals surface area contributed by atoms with Gasteiger partial charge in [-0.05, 0) is 51.3 Å². The number of carboxylic acids is 1. The molecule has 0 aromatic heterocycles. The number of carbonyl (C=O) groups excluding carboxylic acids is 1. The van der Waals surface area contributed by atoms with Gasteiger partial charge in [0.25, 0.3) is 0 Å². The molecular weight excluding hydrogens is 510 g/mol. The quantitative estimate of drug-likeness (QED) is 0.501. The van der Waals surface area contributed by atoms with Crippen LogP contribution >= 0.6 is 0 Å². The van der Waals surface area contributed by atoms with E-state index in [0.717, 1.165) is 31.9 Å². The molecule has 2 heterocycles. The number of carbonyl (C=O) groups is 2. The Bertz CT molecular complexity index is 1030. The van der Waals surface area contributed by atoms with Gasteiger partial charge < -0.3 is 19.5 Å². The summed E-state index contributed by atoms with van der Waals surface area (Å²) in [6, 6.07) is 3.07. The van der Waals surface area contributed by atoms with Gasteiger partial charge >= 0.3 is 24.4 Å². The predicted molar refractivity (Wildman–Crippen MR) is 117 cm³/mol. The molecule has 1 N–H and O–H groups in total. The number of rotatable bonds is 6. The van der Waals surface area contributed by atoms with Gasteiger partial charge in [-0.15, -0.1) is 0 Å². The summed E-state index contributed by atoms with van der Waals surface area (Å²) in [4.78, 5) is 27.2. The van der Waals surface area contributed by atoms with Crippen LogP contribution in [0.25, 0.3) is 0 Å². The molecule has 1 aromatic carbocycles. The Morgan fingerprint density at radius 1 is 1.03 bits per heavy atom. The number of hydrogen-bond donors (Lipinski definition) is 1. The molecule has 7 nitrogen and oxygen atoms in total. The SMILES string of the molecule is CC(OC(=O)N1CCC2(CCCN2Cc2ccc(C(F)(F)F)cc2OC2(C(=O)O)CC2)CC1)C(F)(F)F. The molecule has 2 aliphatic heterocycles. The van der Waals surface area contributed by atoms with Crippen LogP contribution in [0.1, 0.15) is 56.6 Å². The molecule has 3 fully saturated rings. The van der Waals surface area contributed by atoms with Crippen LogP contribution in [0, 0.1) is 0 Å². The monoisotopic (exact) mass is 538 g/mol. The van der Waals surface area contributed by atoms with E-state index in [2.05, 4.69) is 9.64 Å². The summed E-state index contributed by atoms with van der Waals surface area (Å²) in [5.41, 5.74) is -2.44. The van der Waals surface area contributed by atoms with Gasteiger partial charge in [0.05, 0.1) is 5.56 Å². The number of benzene rings is 1. The fraction of sp³-hybridized carbons (Fsp3) is 0.667. The predicted octanol–water partition coefficient (Wildman–Crippen LogP) is 5.22. The van der Waals surface area contributed by atoms with Crippen LogP contribution < -0.4 is 4.74 Å². The highest BCUT2D eigenvalue weighted by molar-refractivity contribution is 5.81. The number of halogens is 6. The third-order valence-electron chi connectivity index (χ3n) is 7.59. The molecule has 0 radical (unpaired) electrons. The van der Waals surface area contributed by atoms with E-state index in [1.54, 1.807) is 0 Å². The van der Waals surface area contributed by atoms with E-state index in [-0.39, 0.29) is 38.2 Å². The molecule has 4 rings (SSSR count). The molecule has 37 heavy (non-hydrogen) atoms. The fourth-order valence-corrected chi connectivity index (χ4v) is 5.05. The molecule has 2 saturated heterocycles. The summed E-state index contributed by atoms with van der Waals surface area (Å²) < 4.78 is 88.5. The molecular formula is C24H28F6N2O5. The number of amides is 1. The second-order valence-corrected chi connectivity index (χ2v) is 10.0. The van der Waals surface area contributed by atoms with Crippen LogP contribution in [0.4, 0.5) is 31.1 Å². The van der Waals surface area contributed by atoms with E-state index < -0.39 is 47.2 Å². The highest BCUT2D eigenvalue weighted by Crippen LogP contribution is 2.45. The second-order valence-electron chi connectivity index (χ2n) is 10.0. The van der Waals surface area contributed by atoms with Gasteiger partial charge in [0.1, 0.15) is 5.75 Å². The molecule has 1 saturated carbocycles. The Hall–Kier alpha value is -2.70. The molecule has 1 aliphatic carbocycles. The van der Waals surface area contributed by atoms with Crippen molar-refractivity contribution in [2.45, 2.75) is 81.6 Å². The Balaban J connectivity index is 1.48. The second kappa shape index (κ2) is 9.55. The number of carboxylic acid groups (broad SMARTS) is 1. The number of alkyl halides is 6. The Morgan fingerprint density at radius 2 is 1.68 bits per heavy atom. The van der Waals surface area contributed by atoms with Crippen LogP contribution in [0.3, 0.4) is 0 Å². The number of piperidine rings is 1. The van der Waals surface area contributed by atoms with Crippen LogP contribution in [0.2, 0.25) is 0 Å². The molecule has 1 atom stereocenters. The van der Waals surface area contributed by atoms with E-state index in [0.29, 0.717) is 24.9 Å². The smallest absolute Gasteiger partial charge is 0.425 e. The molecule has 0 bridgehead atoms. The minimum absolute atomic E-state index is 0.126. The van der Waals surface area contributed by atoms with E-state index in [4.69, 9.17) is 4.74 Å². The Morgan fingerprint density at radius 3 is 2.22 bits per heavy atom. The number of hydrogen-bond acceptors (Lipinski definition) is 5. The van der Waals surface area contributed by atoms with E-state index >= 15 is 0 Å². The average Bonchev–Trinajstić information content (AvgIpc) is 3.50. The van der Waals surface area contributed by atoms with Crippen LogP contribution in [-0.2, 0) is 22.3 Å². The van der Waals surface area contributed by atoms with E-state index in [1.165, 1.54) is 11.0 Å². The Kier molecular flexibility index (Phi) is 7.06. The maximum Gasteiger partial charge on any atom is 0.425 e. The lowest BCUT2D eigenvalue weighted by Gasteiger charge is -2.45. The molecule has 1 aromatic rings. The average molecular weight is 538 g/mol. The first-order valence-corrected chi connectivity index (χ1v) is 12.1. The lowest BCUT2D eigenvalue weighted by Crippen LogP contribution is -2.53. The summed E-state index contributed by atoms with van der Waals surface area (Å²) in [5.74, 6) is -1.36. The van der Waals surface area contributed by atoms with Crippen molar-refractivity contribution in [2.24, 2.45) is 0 Å². The molecule has 1 spiro atoms. The topological polar surface area (TPSA) is 79.3 Å². The van der Waals surface area contributed by atoms with Crippen molar-refractivity contribution in [3.05, 3.63) is 29.3 Å². The minimum Gasteiger partial charge on any atom is -0.478 e. The van der Waals surface area contributed by atoms with Crippen molar-refractivity contribution in [3.63, 3.8) is 0 Å².